The quantitative estimate of drug-likeness (QED) is 0.785. The predicted octanol–water partition coefficient (Wildman–Crippen LogP) is 2.00. The monoisotopic (exact) mass is 261 g/mol. The second-order valence-corrected chi connectivity index (χ2v) is 3.18. The summed E-state index contributed by atoms with van der Waals surface area (Å²) in [5, 5.41) is -0.143. The van der Waals surface area contributed by atoms with Crippen LogP contribution in [0.5, 0.6) is 0 Å². The van der Waals surface area contributed by atoms with Gasteiger partial charge in [-0.05, 0) is 17.7 Å². The number of hydrogen-bond donors (Lipinski definition) is 0. The summed E-state index contributed by atoms with van der Waals surface area (Å²) in [6.07, 6.45) is -2.51. The van der Waals surface area contributed by atoms with Crippen LogP contribution in [-0.2, 0) is 6.18 Å². The molecule has 17 heavy (non-hydrogen) atoms. The van der Waals surface area contributed by atoms with Gasteiger partial charge in [-0.1, -0.05) is 0 Å². The van der Waals surface area contributed by atoms with E-state index in [4.69, 9.17) is 11.6 Å². The lowest BCUT2D eigenvalue weighted by Gasteiger charge is -2.05. The Morgan fingerprint density at radius 1 is 1.00 bits per heavy atom. The van der Waals surface area contributed by atoms with Gasteiger partial charge in [0, 0.05) is 6.20 Å². The standard InChI is InChI=1S/C8H3ClF3N5/c9-7-15-3-14-6(17-7)5-13-2-1-4(16-5)8(10,11)12/h1-3H. The molecule has 0 atom stereocenters. The first kappa shape index (κ1) is 11.6. The van der Waals surface area contributed by atoms with Crippen molar-refractivity contribution < 1.29 is 13.2 Å². The molecule has 0 unspecified atom stereocenters. The highest BCUT2D eigenvalue weighted by Gasteiger charge is 2.33. The molecule has 2 heterocycles. The molecular weight excluding hydrogens is 259 g/mol. The van der Waals surface area contributed by atoms with E-state index in [1.807, 2.05) is 0 Å². The Morgan fingerprint density at radius 3 is 2.35 bits per heavy atom. The number of rotatable bonds is 1. The molecule has 0 N–H and O–H groups in total. The van der Waals surface area contributed by atoms with Crippen molar-refractivity contribution in [3.8, 4) is 11.6 Å². The molecule has 0 saturated heterocycles. The van der Waals surface area contributed by atoms with Gasteiger partial charge < -0.3 is 0 Å². The summed E-state index contributed by atoms with van der Waals surface area (Å²) in [5.74, 6) is -0.375. The molecule has 0 radical (unpaired) electrons. The van der Waals surface area contributed by atoms with Gasteiger partial charge in [0.25, 0.3) is 0 Å². The second kappa shape index (κ2) is 4.21. The van der Waals surface area contributed by atoms with Crippen molar-refractivity contribution in [2.45, 2.75) is 6.18 Å². The first-order chi connectivity index (χ1) is 7.97. The van der Waals surface area contributed by atoms with Crippen molar-refractivity contribution in [2.24, 2.45) is 0 Å². The molecule has 0 aromatic carbocycles. The van der Waals surface area contributed by atoms with Crippen LogP contribution in [0.4, 0.5) is 13.2 Å². The van der Waals surface area contributed by atoms with Crippen LogP contribution in [0.1, 0.15) is 5.69 Å². The third-order valence-electron chi connectivity index (χ3n) is 1.69. The molecule has 2 aromatic heterocycles. The highest BCUT2D eigenvalue weighted by Crippen LogP contribution is 2.27. The first-order valence-corrected chi connectivity index (χ1v) is 4.60. The molecule has 0 saturated carbocycles. The van der Waals surface area contributed by atoms with Gasteiger partial charge in [0.1, 0.15) is 12.0 Å². The van der Waals surface area contributed by atoms with E-state index in [9.17, 15) is 13.2 Å². The van der Waals surface area contributed by atoms with Crippen LogP contribution >= 0.6 is 11.6 Å². The molecule has 9 heteroatoms. The van der Waals surface area contributed by atoms with Crippen LogP contribution in [0, 0.1) is 0 Å². The molecule has 88 valence electrons. The Morgan fingerprint density at radius 2 is 1.71 bits per heavy atom. The third-order valence-corrected chi connectivity index (χ3v) is 1.87. The minimum Gasteiger partial charge on any atom is -0.234 e. The first-order valence-electron chi connectivity index (χ1n) is 4.22. The largest absolute Gasteiger partial charge is 0.433 e. The Kier molecular flexibility index (Phi) is 2.88. The van der Waals surface area contributed by atoms with Crippen molar-refractivity contribution in [2.75, 3.05) is 0 Å². The molecule has 0 bridgehead atoms. The predicted molar refractivity (Wildman–Crippen MR) is 50.9 cm³/mol. The summed E-state index contributed by atoms with van der Waals surface area (Å²) in [7, 11) is 0. The maximum absolute atomic E-state index is 12.4. The summed E-state index contributed by atoms with van der Waals surface area (Å²) >= 11 is 5.48. The van der Waals surface area contributed by atoms with Gasteiger partial charge in [-0.2, -0.15) is 18.2 Å². The number of aromatic nitrogens is 5. The summed E-state index contributed by atoms with van der Waals surface area (Å²) in [4.78, 5) is 17.7. The lowest BCUT2D eigenvalue weighted by Crippen LogP contribution is -2.09. The molecule has 0 aliphatic heterocycles. The lowest BCUT2D eigenvalue weighted by molar-refractivity contribution is -0.141. The molecule has 2 aromatic rings. The van der Waals surface area contributed by atoms with E-state index in [2.05, 4.69) is 24.9 Å². The summed E-state index contributed by atoms with van der Waals surface area (Å²) in [5.41, 5.74) is -1.07. The van der Waals surface area contributed by atoms with Crippen LogP contribution in [0.25, 0.3) is 11.6 Å². The van der Waals surface area contributed by atoms with Gasteiger partial charge in [-0.3, -0.25) is 0 Å². The zero-order valence-corrected chi connectivity index (χ0v) is 8.74. The van der Waals surface area contributed by atoms with Crippen molar-refractivity contribution in [3.63, 3.8) is 0 Å². The number of alkyl halides is 3. The fraction of sp³-hybridized carbons (Fsp3) is 0.125. The molecule has 0 amide bonds. The molecular formula is C8H3ClF3N5. The Balaban J connectivity index is 2.47. The van der Waals surface area contributed by atoms with Crippen molar-refractivity contribution in [1.82, 2.24) is 24.9 Å². The highest BCUT2D eigenvalue weighted by atomic mass is 35.5. The van der Waals surface area contributed by atoms with Gasteiger partial charge in [-0.15, -0.1) is 0 Å². The third kappa shape index (κ3) is 2.64. The Hall–Kier alpha value is -1.83. The van der Waals surface area contributed by atoms with Gasteiger partial charge in [0.2, 0.25) is 11.1 Å². The van der Waals surface area contributed by atoms with Crippen molar-refractivity contribution >= 4 is 11.6 Å². The second-order valence-electron chi connectivity index (χ2n) is 2.84. The van der Waals surface area contributed by atoms with Crippen LogP contribution in [-0.4, -0.2) is 24.9 Å². The van der Waals surface area contributed by atoms with E-state index in [1.54, 1.807) is 0 Å². The molecule has 0 spiro atoms. The summed E-state index contributed by atoms with van der Waals surface area (Å²) < 4.78 is 37.2. The van der Waals surface area contributed by atoms with E-state index in [1.165, 1.54) is 0 Å². The van der Waals surface area contributed by atoms with Gasteiger partial charge in [0.15, 0.2) is 5.82 Å². The van der Waals surface area contributed by atoms with Crippen molar-refractivity contribution in [1.29, 1.82) is 0 Å². The molecule has 0 aliphatic carbocycles. The van der Waals surface area contributed by atoms with E-state index < -0.39 is 11.9 Å². The van der Waals surface area contributed by atoms with Gasteiger partial charge in [0.05, 0.1) is 0 Å². The molecule has 5 nitrogen and oxygen atoms in total. The minimum atomic E-state index is -4.55. The maximum Gasteiger partial charge on any atom is 0.433 e. The SMILES string of the molecule is FC(F)(F)c1ccnc(-c2ncnc(Cl)n2)n1. The summed E-state index contributed by atoms with van der Waals surface area (Å²) in [6.45, 7) is 0. The number of nitrogens with zero attached hydrogens (tertiary/aromatic N) is 5. The van der Waals surface area contributed by atoms with E-state index in [0.717, 1.165) is 18.6 Å². The highest BCUT2D eigenvalue weighted by molar-refractivity contribution is 6.28. The van der Waals surface area contributed by atoms with Crippen LogP contribution < -0.4 is 0 Å². The zero-order valence-electron chi connectivity index (χ0n) is 7.98. The number of halogens is 4. The van der Waals surface area contributed by atoms with Crippen LogP contribution in [0.3, 0.4) is 0 Å². The Bertz CT molecular complexity index is 545. The molecule has 0 fully saturated rings. The topological polar surface area (TPSA) is 64.5 Å². The lowest BCUT2D eigenvalue weighted by atomic mass is 10.4. The Labute approximate surface area is 97.8 Å². The van der Waals surface area contributed by atoms with E-state index in [-0.39, 0.29) is 16.9 Å². The fourth-order valence-electron chi connectivity index (χ4n) is 1.01. The van der Waals surface area contributed by atoms with Gasteiger partial charge in [-0.25, -0.2) is 19.9 Å². The van der Waals surface area contributed by atoms with E-state index >= 15 is 0 Å². The van der Waals surface area contributed by atoms with E-state index in [0.29, 0.717) is 0 Å². The smallest absolute Gasteiger partial charge is 0.234 e. The van der Waals surface area contributed by atoms with Gasteiger partial charge >= 0.3 is 6.18 Å². The van der Waals surface area contributed by atoms with Crippen LogP contribution in [0.15, 0.2) is 18.6 Å². The number of hydrogen-bond acceptors (Lipinski definition) is 5. The average molecular weight is 262 g/mol. The van der Waals surface area contributed by atoms with Crippen molar-refractivity contribution in [3.05, 3.63) is 29.6 Å². The minimum absolute atomic E-state index is 0.115. The normalized spacial score (nSPS) is 11.5. The average Bonchev–Trinajstić information content (AvgIpc) is 2.28. The maximum atomic E-state index is 12.4. The fourth-order valence-corrected chi connectivity index (χ4v) is 1.13. The summed E-state index contributed by atoms with van der Waals surface area (Å²) in [6, 6.07) is 0.756. The molecule has 0 aliphatic rings. The molecule has 2 rings (SSSR count). The zero-order chi connectivity index (χ0) is 12.5. The van der Waals surface area contributed by atoms with Crippen LogP contribution in [0.2, 0.25) is 5.28 Å².